The van der Waals surface area contributed by atoms with Gasteiger partial charge in [-0.2, -0.15) is 0 Å². The average molecular weight is 674 g/mol. The van der Waals surface area contributed by atoms with E-state index in [1.165, 1.54) is 17.2 Å². The van der Waals surface area contributed by atoms with Gasteiger partial charge in [-0.3, -0.25) is 29.0 Å². The van der Waals surface area contributed by atoms with Gasteiger partial charge in [0, 0.05) is 31.1 Å². The maximum Gasteiger partial charge on any atom is 0.326 e. The Bertz CT molecular complexity index is 1800. The number of carboxylic acids is 1. The molecule has 5 N–H and O–H groups in total. The molecule has 0 radical (unpaired) electrons. The molecule has 49 heavy (non-hydrogen) atoms. The standard InChI is InChI=1S/C33H35N7O9/c41-28-11-9-23(33(46)47)39-31(44)25-14-19(36-29(42)18-8-10-26-27(13-18)49-17-48-26)16-40(25)32(45)22(7-3-4-12-34-28)38-30(43)24-15-35-20-5-1-2-6-21(20)37-24/h1-2,5-6,8,10,13,15,19,22-23,25H,3-4,7,9,11-12,14,16-17H2,(H,34,41)(H,36,42)(H,38,43)(H,39,44)(H,46,47)/t19-,22+,23+,25+/m1/s1. The number of carbonyl (C=O) groups is 6. The Morgan fingerprint density at radius 1 is 0.939 bits per heavy atom. The predicted molar refractivity (Wildman–Crippen MR) is 170 cm³/mol. The van der Waals surface area contributed by atoms with Crippen LogP contribution < -0.4 is 30.7 Å². The van der Waals surface area contributed by atoms with E-state index in [0.29, 0.717) is 35.4 Å². The first-order chi connectivity index (χ1) is 23.7. The molecule has 0 spiro atoms. The van der Waals surface area contributed by atoms with Gasteiger partial charge in [0.25, 0.3) is 11.8 Å². The van der Waals surface area contributed by atoms with Crippen LogP contribution in [0.1, 0.15) is 59.4 Å². The predicted octanol–water partition coefficient (Wildman–Crippen LogP) is 0.506. The van der Waals surface area contributed by atoms with Crippen molar-refractivity contribution in [3.05, 3.63) is 59.9 Å². The SMILES string of the molecule is O=C1CC[C@@H](C(=O)O)NC(=O)[C@@H]2C[C@@H](NC(=O)c3ccc4c(c3)OCO4)CN2C(=O)[C@@H](NC(=O)c2cnc3ccccc3n2)CCCCN1. The minimum Gasteiger partial charge on any atom is -0.480 e. The molecule has 0 aliphatic carbocycles. The molecule has 256 valence electrons. The minimum atomic E-state index is -1.40. The van der Waals surface area contributed by atoms with E-state index < -0.39 is 53.8 Å². The fourth-order valence-corrected chi connectivity index (χ4v) is 6.09. The lowest BCUT2D eigenvalue weighted by Gasteiger charge is -2.29. The summed E-state index contributed by atoms with van der Waals surface area (Å²) in [5, 5.41) is 20.6. The fraction of sp³-hybridized carbons (Fsp3) is 0.394. The highest BCUT2D eigenvalue weighted by atomic mass is 16.7. The molecule has 0 bridgehead atoms. The second-order valence-electron chi connectivity index (χ2n) is 12.0. The van der Waals surface area contributed by atoms with E-state index in [0.717, 1.165) is 0 Å². The van der Waals surface area contributed by atoms with Crippen molar-refractivity contribution in [1.29, 1.82) is 0 Å². The van der Waals surface area contributed by atoms with Gasteiger partial charge in [0.1, 0.15) is 23.8 Å². The van der Waals surface area contributed by atoms with Crippen LogP contribution in [0.4, 0.5) is 0 Å². The van der Waals surface area contributed by atoms with E-state index in [4.69, 9.17) is 9.47 Å². The summed E-state index contributed by atoms with van der Waals surface area (Å²) in [7, 11) is 0. The lowest BCUT2D eigenvalue weighted by molar-refractivity contribution is -0.144. The Kier molecular flexibility index (Phi) is 9.82. The number of carboxylic acid groups (broad SMARTS) is 1. The maximum atomic E-state index is 14.3. The normalized spacial score (nSPS) is 23.0. The first-order valence-corrected chi connectivity index (χ1v) is 16.0. The highest BCUT2D eigenvalue weighted by Gasteiger charge is 2.43. The third-order valence-corrected chi connectivity index (χ3v) is 8.66. The van der Waals surface area contributed by atoms with Gasteiger partial charge in [0.15, 0.2) is 11.5 Å². The smallest absolute Gasteiger partial charge is 0.326 e. The van der Waals surface area contributed by atoms with E-state index >= 15 is 0 Å². The topological polar surface area (TPSA) is 218 Å². The number of nitrogens with one attached hydrogen (secondary N) is 4. The van der Waals surface area contributed by atoms with Crippen molar-refractivity contribution in [2.75, 3.05) is 19.9 Å². The Balaban J connectivity index is 1.26. The van der Waals surface area contributed by atoms with Gasteiger partial charge in [0.05, 0.1) is 17.2 Å². The van der Waals surface area contributed by atoms with Crippen LogP contribution in [-0.2, 0) is 19.2 Å². The zero-order valence-electron chi connectivity index (χ0n) is 26.3. The van der Waals surface area contributed by atoms with Crippen LogP contribution in [0, 0.1) is 0 Å². The van der Waals surface area contributed by atoms with E-state index in [9.17, 15) is 33.9 Å². The van der Waals surface area contributed by atoms with Crippen molar-refractivity contribution in [1.82, 2.24) is 36.1 Å². The number of ether oxygens (including phenoxy) is 2. The molecule has 2 aromatic carbocycles. The summed E-state index contributed by atoms with van der Waals surface area (Å²) in [6, 6.07) is 7.30. The van der Waals surface area contributed by atoms with E-state index in [-0.39, 0.29) is 62.7 Å². The van der Waals surface area contributed by atoms with Crippen LogP contribution in [0.2, 0.25) is 0 Å². The molecule has 5 amide bonds. The number of hydrogen-bond acceptors (Lipinski definition) is 10. The number of fused-ring (bicyclic) bond motifs is 3. The van der Waals surface area contributed by atoms with Gasteiger partial charge in [-0.1, -0.05) is 12.1 Å². The van der Waals surface area contributed by atoms with Crippen LogP contribution in [0.5, 0.6) is 11.5 Å². The lowest BCUT2D eigenvalue weighted by Crippen LogP contribution is -2.55. The number of benzene rings is 2. The van der Waals surface area contributed by atoms with Gasteiger partial charge >= 0.3 is 5.97 Å². The van der Waals surface area contributed by atoms with Crippen LogP contribution in [-0.4, -0.2) is 99.5 Å². The molecule has 2 saturated heterocycles. The van der Waals surface area contributed by atoms with Crippen molar-refractivity contribution in [3.8, 4) is 11.5 Å². The number of amides is 5. The van der Waals surface area contributed by atoms with Crippen LogP contribution >= 0.6 is 0 Å². The van der Waals surface area contributed by atoms with E-state index in [1.54, 1.807) is 36.4 Å². The van der Waals surface area contributed by atoms with Crippen LogP contribution in [0.15, 0.2) is 48.7 Å². The molecule has 0 saturated carbocycles. The fourth-order valence-electron chi connectivity index (χ4n) is 6.09. The van der Waals surface area contributed by atoms with Gasteiger partial charge in [0.2, 0.25) is 24.5 Å². The Labute approximate surface area is 279 Å². The number of aliphatic carboxylic acids is 1. The zero-order chi connectivity index (χ0) is 34.5. The summed E-state index contributed by atoms with van der Waals surface area (Å²) in [4.78, 5) is 88.9. The van der Waals surface area contributed by atoms with Crippen LogP contribution in [0.3, 0.4) is 0 Å². The monoisotopic (exact) mass is 673 g/mol. The number of para-hydroxylation sites is 2. The molecule has 3 aromatic rings. The molecular weight excluding hydrogens is 638 g/mol. The molecule has 2 fully saturated rings. The molecule has 0 unspecified atom stereocenters. The number of aromatic nitrogens is 2. The summed E-state index contributed by atoms with van der Waals surface area (Å²) in [6.07, 6.45) is 2.04. The van der Waals surface area contributed by atoms with Crippen molar-refractivity contribution < 1.29 is 43.3 Å². The van der Waals surface area contributed by atoms with Crippen molar-refractivity contribution in [2.45, 2.75) is 62.7 Å². The highest BCUT2D eigenvalue weighted by molar-refractivity contribution is 5.99. The molecule has 4 atom stereocenters. The summed E-state index contributed by atoms with van der Waals surface area (Å²) < 4.78 is 10.7. The average Bonchev–Trinajstić information content (AvgIpc) is 3.75. The third kappa shape index (κ3) is 7.69. The zero-order valence-corrected chi connectivity index (χ0v) is 26.3. The first kappa shape index (κ1) is 33.1. The molecule has 16 nitrogen and oxygen atoms in total. The summed E-state index contributed by atoms with van der Waals surface area (Å²) >= 11 is 0. The van der Waals surface area contributed by atoms with Gasteiger partial charge in [-0.25, -0.2) is 9.78 Å². The van der Waals surface area contributed by atoms with Crippen molar-refractivity contribution >= 4 is 46.5 Å². The Morgan fingerprint density at radius 2 is 1.73 bits per heavy atom. The minimum absolute atomic E-state index is 0.0106. The van der Waals surface area contributed by atoms with E-state index in [1.807, 2.05) is 0 Å². The van der Waals surface area contributed by atoms with Gasteiger partial charge in [-0.05, 0) is 62.4 Å². The van der Waals surface area contributed by atoms with Crippen molar-refractivity contribution in [2.24, 2.45) is 0 Å². The largest absolute Gasteiger partial charge is 0.480 e. The molecule has 16 heteroatoms. The number of hydrogen-bond donors (Lipinski definition) is 5. The summed E-state index contributed by atoms with van der Waals surface area (Å²) in [5.41, 5.74) is 1.34. The van der Waals surface area contributed by atoms with Crippen molar-refractivity contribution in [3.63, 3.8) is 0 Å². The number of nitrogens with zero attached hydrogens (tertiary/aromatic N) is 3. The number of carbonyl (C=O) groups excluding carboxylic acids is 5. The molecular formula is C33H35N7O9. The highest BCUT2D eigenvalue weighted by Crippen LogP contribution is 2.32. The third-order valence-electron chi connectivity index (χ3n) is 8.66. The van der Waals surface area contributed by atoms with Gasteiger partial charge in [-0.15, -0.1) is 0 Å². The van der Waals surface area contributed by atoms with E-state index in [2.05, 4.69) is 31.2 Å². The molecule has 1 aromatic heterocycles. The second-order valence-corrected chi connectivity index (χ2v) is 12.0. The summed E-state index contributed by atoms with van der Waals surface area (Å²) in [5.74, 6) is -3.29. The molecule has 3 aliphatic heterocycles. The maximum absolute atomic E-state index is 14.3. The molecule has 3 aliphatic rings. The van der Waals surface area contributed by atoms with Gasteiger partial charge < -0.3 is 40.7 Å². The quantitative estimate of drug-likeness (QED) is 0.251. The Morgan fingerprint density at radius 3 is 2.55 bits per heavy atom. The molecule has 4 heterocycles. The lowest BCUT2D eigenvalue weighted by atomic mass is 10.1. The number of rotatable bonds is 5. The first-order valence-electron chi connectivity index (χ1n) is 16.0. The second kappa shape index (κ2) is 14.5. The molecule has 6 rings (SSSR count). The van der Waals surface area contributed by atoms with Crippen LogP contribution in [0.25, 0.3) is 11.0 Å². The summed E-state index contributed by atoms with van der Waals surface area (Å²) in [6.45, 7) is 0.214. The Hall–Kier alpha value is -5.80.